The second kappa shape index (κ2) is 6.91. The van der Waals surface area contributed by atoms with Gasteiger partial charge in [-0.2, -0.15) is 0 Å². The van der Waals surface area contributed by atoms with Gasteiger partial charge in [-0.05, 0) is 38.6 Å². The molecule has 0 amide bonds. The van der Waals surface area contributed by atoms with Crippen molar-refractivity contribution >= 4 is 11.3 Å². The highest BCUT2D eigenvalue weighted by molar-refractivity contribution is 7.11. The number of methoxy groups -OCH3 is 2. The van der Waals surface area contributed by atoms with E-state index in [2.05, 4.69) is 24.1 Å². The van der Waals surface area contributed by atoms with Crippen LogP contribution in [0.15, 0.2) is 18.2 Å². The zero-order valence-corrected chi connectivity index (χ0v) is 14.0. The van der Waals surface area contributed by atoms with Crippen LogP contribution in [0.1, 0.15) is 34.1 Å². The van der Waals surface area contributed by atoms with Crippen LogP contribution in [0.25, 0.3) is 0 Å². The quantitative estimate of drug-likeness (QED) is 0.887. The molecule has 0 saturated carbocycles. The van der Waals surface area contributed by atoms with E-state index in [1.54, 1.807) is 25.6 Å². The SMILES string of the molecule is CCNC(c1cc(OC)ccc1OC)c1sc(C)nc1C. The Morgan fingerprint density at radius 2 is 2.00 bits per heavy atom. The number of hydrogen-bond acceptors (Lipinski definition) is 5. The van der Waals surface area contributed by atoms with E-state index in [4.69, 9.17) is 9.47 Å². The molecule has 0 aliphatic rings. The maximum atomic E-state index is 5.53. The van der Waals surface area contributed by atoms with Crippen molar-refractivity contribution < 1.29 is 9.47 Å². The van der Waals surface area contributed by atoms with Gasteiger partial charge in [-0.15, -0.1) is 11.3 Å². The average molecular weight is 306 g/mol. The summed E-state index contributed by atoms with van der Waals surface area (Å²) in [6.07, 6.45) is 0. The minimum Gasteiger partial charge on any atom is -0.497 e. The third-order valence-corrected chi connectivity index (χ3v) is 4.50. The molecule has 1 atom stereocenters. The van der Waals surface area contributed by atoms with E-state index >= 15 is 0 Å². The number of nitrogens with one attached hydrogen (secondary N) is 1. The molecule has 0 aliphatic carbocycles. The fraction of sp³-hybridized carbons (Fsp3) is 0.438. The van der Waals surface area contributed by atoms with Crippen molar-refractivity contribution in [2.24, 2.45) is 0 Å². The first kappa shape index (κ1) is 15.8. The Labute approximate surface area is 130 Å². The van der Waals surface area contributed by atoms with Crippen LogP contribution in [-0.2, 0) is 0 Å². The molecule has 1 N–H and O–H groups in total. The van der Waals surface area contributed by atoms with Gasteiger partial charge in [-0.3, -0.25) is 0 Å². The van der Waals surface area contributed by atoms with Gasteiger partial charge in [0.15, 0.2) is 0 Å². The first-order chi connectivity index (χ1) is 10.1. The molecule has 2 rings (SSSR count). The van der Waals surface area contributed by atoms with Crippen LogP contribution < -0.4 is 14.8 Å². The molecule has 1 unspecified atom stereocenters. The van der Waals surface area contributed by atoms with Gasteiger partial charge in [0.1, 0.15) is 11.5 Å². The summed E-state index contributed by atoms with van der Waals surface area (Å²) in [4.78, 5) is 5.77. The van der Waals surface area contributed by atoms with Crippen molar-refractivity contribution in [2.45, 2.75) is 26.8 Å². The molecule has 1 aromatic carbocycles. The number of rotatable bonds is 6. The number of benzene rings is 1. The third-order valence-electron chi connectivity index (χ3n) is 3.36. The van der Waals surface area contributed by atoms with Crippen LogP contribution in [-0.4, -0.2) is 25.7 Å². The molecule has 2 aromatic rings. The number of hydrogen-bond donors (Lipinski definition) is 1. The van der Waals surface area contributed by atoms with Crippen LogP contribution in [0.5, 0.6) is 11.5 Å². The maximum Gasteiger partial charge on any atom is 0.124 e. The summed E-state index contributed by atoms with van der Waals surface area (Å²) in [5.41, 5.74) is 2.14. The van der Waals surface area contributed by atoms with Crippen LogP contribution in [0, 0.1) is 13.8 Å². The van der Waals surface area contributed by atoms with Gasteiger partial charge in [0.05, 0.1) is 31.0 Å². The van der Waals surface area contributed by atoms with Crippen LogP contribution in [0.3, 0.4) is 0 Å². The molecular formula is C16H22N2O2S. The van der Waals surface area contributed by atoms with Crippen molar-refractivity contribution in [1.29, 1.82) is 0 Å². The predicted octanol–water partition coefficient (Wildman–Crippen LogP) is 3.48. The third kappa shape index (κ3) is 3.36. The molecule has 0 saturated heterocycles. The Hall–Kier alpha value is -1.59. The van der Waals surface area contributed by atoms with Crippen molar-refractivity contribution in [2.75, 3.05) is 20.8 Å². The van der Waals surface area contributed by atoms with Crippen molar-refractivity contribution in [1.82, 2.24) is 10.3 Å². The molecule has 0 aliphatic heterocycles. The maximum absolute atomic E-state index is 5.53. The van der Waals surface area contributed by atoms with Gasteiger partial charge in [-0.1, -0.05) is 6.92 Å². The standard InChI is InChI=1S/C16H22N2O2S/c1-6-17-15(16-10(2)18-11(3)21-16)13-9-12(19-4)7-8-14(13)20-5/h7-9,15,17H,6H2,1-5H3. The van der Waals surface area contributed by atoms with E-state index in [-0.39, 0.29) is 6.04 Å². The highest BCUT2D eigenvalue weighted by atomic mass is 32.1. The van der Waals surface area contributed by atoms with E-state index in [9.17, 15) is 0 Å². The minimum atomic E-state index is 0.0613. The topological polar surface area (TPSA) is 43.4 Å². The normalized spacial score (nSPS) is 12.2. The molecule has 21 heavy (non-hydrogen) atoms. The van der Waals surface area contributed by atoms with Crippen molar-refractivity contribution in [3.05, 3.63) is 39.3 Å². The van der Waals surface area contributed by atoms with E-state index in [0.717, 1.165) is 34.3 Å². The zero-order chi connectivity index (χ0) is 15.4. The van der Waals surface area contributed by atoms with E-state index < -0.39 is 0 Å². The molecule has 114 valence electrons. The van der Waals surface area contributed by atoms with E-state index in [0.29, 0.717) is 0 Å². The van der Waals surface area contributed by atoms with E-state index in [1.807, 2.05) is 25.1 Å². The summed E-state index contributed by atoms with van der Waals surface area (Å²) in [6, 6.07) is 5.95. The molecule has 0 bridgehead atoms. The number of aromatic nitrogens is 1. The van der Waals surface area contributed by atoms with Gasteiger partial charge in [0.25, 0.3) is 0 Å². The minimum absolute atomic E-state index is 0.0613. The lowest BCUT2D eigenvalue weighted by molar-refractivity contribution is 0.394. The summed E-state index contributed by atoms with van der Waals surface area (Å²) in [5, 5.41) is 4.61. The van der Waals surface area contributed by atoms with E-state index in [1.165, 1.54) is 4.88 Å². The lowest BCUT2D eigenvalue weighted by atomic mass is 10.0. The summed E-state index contributed by atoms with van der Waals surface area (Å²) >= 11 is 1.72. The van der Waals surface area contributed by atoms with Crippen molar-refractivity contribution in [3.8, 4) is 11.5 Å². The Morgan fingerprint density at radius 1 is 1.24 bits per heavy atom. The van der Waals surface area contributed by atoms with Crippen LogP contribution in [0.4, 0.5) is 0 Å². The molecule has 1 aromatic heterocycles. The van der Waals surface area contributed by atoms with Crippen molar-refractivity contribution in [3.63, 3.8) is 0 Å². The summed E-state index contributed by atoms with van der Waals surface area (Å²) in [5.74, 6) is 1.68. The number of thiazole rings is 1. The highest BCUT2D eigenvalue weighted by Gasteiger charge is 2.22. The van der Waals surface area contributed by atoms with Crippen LogP contribution in [0.2, 0.25) is 0 Å². The molecule has 0 fully saturated rings. The summed E-state index contributed by atoms with van der Waals surface area (Å²) in [7, 11) is 3.37. The Bertz CT molecular complexity index is 610. The lowest BCUT2D eigenvalue weighted by Crippen LogP contribution is -2.22. The second-order valence-corrected chi connectivity index (χ2v) is 6.02. The first-order valence-corrected chi connectivity index (χ1v) is 7.81. The monoisotopic (exact) mass is 306 g/mol. The Morgan fingerprint density at radius 3 is 2.52 bits per heavy atom. The largest absolute Gasteiger partial charge is 0.497 e. The fourth-order valence-corrected chi connectivity index (χ4v) is 3.45. The number of ether oxygens (including phenoxy) is 2. The number of aryl methyl sites for hydroxylation is 2. The first-order valence-electron chi connectivity index (χ1n) is 6.99. The second-order valence-electron chi connectivity index (χ2n) is 4.78. The van der Waals surface area contributed by atoms with Gasteiger partial charge in [0, 0.05) is 10.4 Å². The van der Waals surface area contributed by atoms with Crippen LogP contribution >= 0.6 is 11.3 Å². The molecule has 5 heteroatoms. The summed E-state index contributed by atoms with van der Waals surface area (Å²) < 4.78 is 10.9. The Balaban J connectivity index is 2.54. The van der Waals surface area contributed by atoms with Gasteiger partial charge < -0.3 is 14.8 Å². The van der Waals surface area contributed by atoms with Gasteiger partial charge >= 0.3 is 0 Å². The number of nitrogens with zero attached hydrogens (tertiary/aromatic N) is 1. The predicted molar refractivity (Wildman–Crippen MR) is 86.7 cm³/mol. The molecule has 1 heterocycles. The molecule has 0 spiro atoms. The average Bonchev–Trinajstić information content (AvgIpc) is 2.82. The lowest BCUT2D eigenvalue weighted by Gasteiger charge is -2.21. The highest BCUT2D eigenvalue weighted by Crippen LogP contribution is 2.36. The van der Waals surface area contributed by atoms with Gasteiger partial charge in [-0.25, -0.2) is 4.98 Å². The Kier molecular flexibility index (Phi) is 5.20. The molecule has 4 nitrogen and oxygen atoms in total. The molecular weight excluding hydrogens is 284 g/mol. The summed E-state index contributed by atoms with van der Waals surface area (Å²) in [6.45, 7) is 7.05. The smallest absolute Gasteiger partial charge is 0.124 e. The zero-order valence-electron chi connectivity index (χ0n) is 13.2. The molecule has 0 radical (unpaired) electrons. The van der Waals surface area contributed by atoms with Gasteiger partial charge in [0.2, 0.25) is 0 Å². The fourth-order valence-electron chi connectivity index (χ4n) is 2.43.